The smallest absolute Gasteiger partial charge is 0.226 e. The van der Waals surface area contributed by atoms with Crippen molar-refractivity contribution in [3.63, 3.8) is 0 Å². The van der Waals surface area contributed by atoms with Gasteiger partial charge in [0, 0.05) is 36.9 Å². The Balaban J connectivity index is 1.55. The number of fused-ring (bicyclic) bond motifs is 1. The van der Waals surface area contributed by atoms with Crippen molar-refractivity contribution in [2.24, 2.45) is 5.92 Å². The second-order valence-corrected chi connectivity index (χ2v) is 8.34. The van der Waals surface area contributed by atoms with E-state index in [1.165, 1.54) is 19.3 Å². The molecule has 0 aromatic heterocycles. The van der Waals surface area contributed by atoms with Crippen LogP contribution >= 0.6 is 0 Å². The van der Waals surface area contributed by atoms with E-state index in [4.69, 9.17) is 0 Å². The zero-order valence-electron chi connectivity index (χ0n) is 17.2. The number of rotatable bonds is 4. The molecule has 28 heavy (non-hydrogen) atoms. The van der Waals surface area contributed by atoms with Crippen LogP contribution in [0.3, 0.4) is 0 Å². The van der Waals surface area contributed by atoms with Gasteiger partial charge in [-0.05, 0) is 61.3 Å². The molecule has 148 valence electrons. The maximum absolute atomic E-state index is 12.8. The van der Waals surface area contributed by atoms with Crippen LogP contribution in [0, 0.1) is 5.92 Å². The number of benzene rings is 1. The van der Waals surface area contributed by atoms with Crippen molar-refractivity contribution >= 4 is 11.6 Å². The quantitative estimate of drug-likeness (QED) is 0.696. The second-order valence-electron chi connectivity index (χ2n) is 8.34. The molecule has 1 aliphatic heterocycles. The minimum absolute atomic E-state index is 0.235. The monoisotopic (exact) mass is 376 g/mol. The molecular weight excluding hydrogens is 344 g/mol. The second kappa shape index (κ2) is 8.38. The zero-order chi connectivity index (χ0) is 19.5. The third-order valence-corrected chi connectivity index (χ3v) is 6.53. The van der Waals surface area contributed by atoms with Crippen molar-refractivity contribution in [3.8, 4) is 0 Å². The molecule has 1 heterocycles. The Hall–Kier alpha value is -2.29. The minimum Gasteiger partial charge on any atom is -0.374 e. The first kappa shape index (κ1) is 19.0. The summed E-state index contributed by atoms with van der Waals surface area (Å²) in [5.74, 6) is 0.685. The number of hydrogen-bond acceptors (Lipinski definition) is 2. The fourth-order valence-electron chi connectivity index (χ4n) is 5.13. The summed E-state index contributed by atoms with van der Waals surface area (Å²) in [6.45, 7) is 6.38. The number of likely N-dealkylation sites (tertiary alicyclic amines) is 1. The SMILES string of the molecule is CCC(=O)N(c1ccccc1)[C@@H]1CCN(C2=C3CC=CC=C3CCC2)C[C@@H]1C. The molecule has 3 nitrogen and oxygen atoms in total. The maximum atomic E-state index is 12.8. The molecule has 1 aromatic carbocycles. The van der Waals surface area contributed by atoms with E-state index in [1.54, 1.807) is 16.8 Å². The average molecular weight is 377 g/mol. The molecule has 0 N–H and O–H groups in total. The summed E-state index contributed by atoms with van der Waals surface area (Å²) >= 11 is 0. The van der Waals surface area contributed by atoms with Crippen LogP contribution in [0.15, 0.2) is 65.4 Å². The molecule has 1 saturated heterocycles. The van der Waals surface area contributed by atoms with Crippen LogP contribution < -0.4 is 4.90 Å². The number of carbonyl (C=O) groups is 1. The normalized spacial score (nSPS) is 24.6. The topological polar surface area (TPSA) is 23.6 Å². The number of carbonyl (C=O) groups excluding carboxylic acids is 1. The van der Waals surface area contributed by atoms with Gasteiger partial charge in [-0.25, -0.2) is 0 Å². The number of anilines is 1. The standard InChI is InChI=1S/C25H32N2O/c1-3-25(28)27(21-12-5-4-6-13-21)23-16-17-26(18-19(23)2)24-15-9-11-20-10-7-8-14-22(20)24/h4-8,10,12-13,19,23H,3,9,11,14-18H2,1-2H3/t19-,23+/m0/s1. The van der Waals surface area contributed by atoms with Crippen molar-refractivity contribution < 1.29 is 4.79 Å². The largest absolute Gasteiger partial charge is 0.374 e. The summed E-state index contributed by atoms with van der Waals surface area (Å²) in [5.41, 5.74) is 5.73. The van der Waals surface area contributed by atoms with E-state index in [0.717, 1.165) is 31.6 Å². The number of para-hydroxylation sites is 1. The lowest BCUT2D eigenvalue weighted by Gasteiger charge is -2.45. The van der Waals surface area contributed by atoms with Crippen molar-refractivity contribution in [1.82, 2.24) is 4.90 Å². The molecule has 1 aromatic rings. The van der Waals surface area contributed by atoms with Gasteiger partial charge in [-0.1, -0.05) is 50.3 Å². The fraction of sp³-hybridized carbons (Fsp3) is 0.480. The lowest BCUT2D eigenvalue weighted by atomic mass is 9.84. The van der Waals surface area contributed by atoms with Gasteiger partial charge >= 0.3 is 0 Å². The highest BCUT2D eigenvalue weighted by atomic mass is 16.2. The molecule has 1 fully saturated rings. The highest BCUT2D eigenvalue weighted by molar-refractivity contribution is 5.93. The Labute approximate surface area is 169 Å². The maximum Gasteiger partial charge on any atom is 0.226 e. The molecule has 4 rings (SSSR count). The van der Waals surface area contributed by atoms with Crippen LogP contribution in [0.25, 0.3) is 0 Å². The van der Waals surface area contributed by atoms with Gasteiger partial charge < -0.3 is 9.80 Å². The van der Waals surface area contributed by atoms with Crippen LogP contribution in [0.5, 0.6) is 0 Å². The summed E-state index contributed by atoms with van der Waals surface area (Å²) in [7, 11) is 0. The van der Waals surface area contributed by atoms with Crippen LogP contribution in [0.2, 0.25) is 0 Å². The number of amides is 1. The lowest BCUT2D eigenvalue weighted by Crippen LogP contribution is -2.52. The molecule has 0 unspecified atom stereocenters. The van der Waals surface area contributed by atoms with E-state index >= 15 is 0 Å². The van der Waals surface area contributed by atoms with Crippen LogP contribution in [0.4, 0.5) is 5.69 Å². The molecule has 0 spiro atoms. The predicted octanol–water partition coefficient (Wildman–Crippen LogP) is 5.46. The highest BCUT2D eigenvalue weighted by Crippen LogP contribution is 2.38. The van der Waals surface area contributed by atoms with Crippen LogP contribution in [0.1, 0.15) is 52.4 Å². The van der Waals surface area contributed by atoms with Crippen molar-refractivity contribution in [2.45, 2.75) is 58.4 Å². The molecule has 0 saturated carbocycles. The van der Waals surface area contributed by atoms with Gasteiger partial charge in [-0.2, -0.15) is 0 Å². The molecule has 3 aliphatic rings. The van der Waals surface area contributed by atoms with Gasteiger partial charge in [-0.3, -0.25) is 4.79 Å². The van der Waals surface area contributed by atoms with Gasteiger partial charge in [0.25, 0.3) is 0 Å². The lowest BCUT2D eigenvalue weighted by molar-refractivity contribution is -0.119. The first-order valence-electron chi connectivity index (χ1n) is 10.9. The Morgan fingerprint density at radius 3 is 2.79 bits per heavy atom. The summed E-state index contributed by atoms with van der Waals surface area (Å²) < 4.78 is 0. The van der Waals surface area contributed by atoms with E-state index < -0.39 is 0 Å². The van der Waals surface area contributed by atoms with E-state index in [-0.39, 0.29) is 11.9 Å². The summed E-state index contributed by atoms with van der Waals surface area (Å²) in [4.78, 5) is 17.5. The summed E-state index contributed by atoms with van der Waals surface area (Å²) in [6, 6.07) is 10.5. The zero-order valence-corrected chi connectivity index (χ0v) is 17.2. The molecule has 0 radical (unpaired) electrons. The van der Waals surface area contributed by atoms with Crippen molar-refractivity contribution in [3.05, 3.63) is 65.4 Å². The van der Waals surface area contributed by atoms with E-state index in [2.05, 4.69) is 47.1 Å². The van der Waals surface area contributed by atoms with Gasteiger partial charge in [0.15, 0.2) is 0 Å². The number of piperidine rings is 1. The first-order chi connectivity index (χ1) is 13.7. The summed E-state index contributed by atoms with van der Waals surface area (Å²) in [5, 5.41) is 0. The predicted molar refractivity (Wildman–Crippen MR) is 116 cm³/mol. The van der Waals surface area contributed by atoms with E-state index in [9.17, 15) is 4.79 Å². The number of allylic oxidation sites excluding steroid dienone is 6. The Bertz CT molecular complexity index is 805. The Morgan fingerprint density at radius 1 is 1.21 bits per heavy atom. The minimum atomic E-state index is 0.235. The molecule has 1 amide bonds. The van der Waals surface area contributed by atoms with Crippen LogP contribution in [-0.4, -0.2) is 29.9 Å². The summed E-state index contributed by atoms with van der Waals surface area (Å²) in [6.07, 6.45) is 13.2. The Morgan fingerprint density at radius 2 is 2.04 bits per heavy atom. The third kappa shape index (κ3) is 3.67. The molecule has 3 heteroatoms. The van der Waals surface area contributed by atoms with Crippen molar-refractivity contribution in [1.29, 1.82) is 0 Å². The first-order valence-corrected chi connectivity index (χ1v) is 10.9. The molecule has 2 atom stereocenters. The Kier molecular flexibility index (Phi) is 5.70. The molecular formula is C25H32N2O. The number of nitrogens with zero attached hydrogens (tertiary/aromatic N) is 2. The van der Waals surface area contributed by atoms with E-state index in [0.29, 0.717) is 12.3 Å². The fourth-order valence-corrected chi connectivity index (χ4v) is 5.13. The van der Waals surface area contributed by atoms with Gasteiger partial charge in [0.2, 0.25) is 5.91 Å². The highest BCUT2D eigenvalue weighted by Gasteiger charge is 2.35. The third-order valence-electron chi connectivity index (χ3n) is 6.53. The van der Waals surface area contributed by atoms with Crippen molar-refractivity contribution in [2.75, 3.05) is 18.0 Å². The van der Waals surface area contributed by atoms with Gasteiger partial charge in [0.05, 0.1) is 0 Å². The molecule has 2 aliphatic carbocycles. The molecule has 0 bridgehead atoms. The average Bonchev–Trinajstić information content (AvgIpc) is 2.75. The van der Waals surface area contributed by atoms with Gasteiger partial charge in [-0.15, -0.1) is 0 Å². The number of hydrogen-bond donors (Lipinski definition) is 0. The van der Waals surface area contributed by atoms with Crippen LogP contribution in [-0.2, 0) is 4.79 Å². The van der Waals surface area contributed by atoms with Gasteiger partial charge in [0.1, 0.15) is 0 Å². The van der Waals surface area contributed by atoms with E-state index in [1.807, 2.05) is 25.1 Å².